The Labute approximate surface area is 221 Å². The third kappa shape index (κ3) is 7.15. The molecule has 2 aromatic carbocycles. The standard InChI is InChI=1S/C22H19F3N6O2.C2HF3O2/c1-14-11-30(13-27-14)19-8-5-16(9-20(19)33-2)18-12-31(29-28-18)22(24,25)21(32)26-10-15-3-6-17(23)7-4-15;3-2(4,5)1(6)7/h3-9,11-13H,10H2,1-2H3,(H,26,32);(H,6,7). The van der Waals surface area contributed by atoms with Gasteiger partial charge in [-0.25, -0.2) is 14.2 Å². The molecule has 212 valence electrons. The van der Waals surface area contributed by atoms with E-state index in [2.05, 4.69) is 20.6 Å². The first-order valence-electron chi connectivity index (χ1n) is 11.0. The first-order valence-corrected chi connectivity index (χ1v) is 11.0. The number of imidazole rings is 1. The fourth-order valence-electron chi connectivity index (χ4n) is 3.13. The van der Waals surface area contributed by atoms with Gasteiger partial charge in [-0.05, 0) is 36.8 Å². The number of alkyl halides is 5. The number of ether oxygens (including phenoxy) is 1. The van der Waals surface area contributed by atoms with Gasteiger partial charge >= 0.3 is 24.1 Å². The van der Waals surface area contributed by atoms with Gasteiger partial charge < -0.3 is 19.7 Å². The van der Waals surface area contributed by atoms with Crippen LogP contribution in [0.5, 0.6) is 5.75 Å². The van der Waals surface area contributed by atoms with Gasteiger partial charge in [0.05, 0.1) is 31.0 Å². The van der Waals surface area contributed by atoms with Crippen LogP contribution in [0, 0.1) is 12.7 Å². The molecule has 10 nitrogen and oxygen atoms in total. The lowest BCUT2D eigenvalue weighted by Gasteiger charge is -2.15. The average Bonchev–Trinajstić information content (AvgIpc) is 3.57. The van der Waals surface area contributed by atoms with Crippen LogP contribution < -0.4 is 10.1 Å². The summed E-state index contributed by atoms with van der Waals surface area (Å²) < 4.78 is 81.4. The molecule has 0 fully saturated rings. The van der Waals surface area contributed by atoms with Crippen molar-refractivity contribution in [1.82, 2.24) is 29.9 Å². The summed E-state index contributed by atoms with van der Waals surface area (Å²) in [5, 5.41) is 16.5. The number of benzene rings is 2. The number of amides is 1. The fourth-order valence-corrected chi connectivity index (χ4v) is 3.13. The molecule has 4 aromatic rings. The summed E-state index contributed by atoms with van der Waals surface area (Å²) in [5.41, 5.74) is 2.61. The van der Waals surface area contributed by atoms with Crippen molar-refractivity contribution in [2.45, 2.75) is 25.7 Å². The molecule has 2 N–H and O–H groups in total. The van der Waals surface area contributed by atoms with Gasteiger partial charge in [0.25, 0.3) is 0 Å². The summed E-state index contributed by atoms with van der Waals surface area (Å²) in [5.74, 6) is -4.31. The van der Waals surface area contributed by atoms with E-state index in [-0.39, 0.29) is 16.9 Å². The molecule has 0 spiro atoms. The second-order valence-corrected chi connectivity index (χ2v) is 8.01. The number of aromatic nitrogens is 5. The van der Waals surface area contributed by atoms with Crippen LogP contribution >= 0.6 is 0 Å². The quantitative estimate of drug-likeness (QED) is 0.321. The zero-order valence-electron chi connectivity index (χ0n) is 20.7. The molecule has 0 bridgehead atoms. The molecule has 0 aliphatic heterocycles. The number of aliphatic carboxylic acids is 1. The van der Waals surface area contributed by atoms with Crippen molar-refractivity contribution in [3.8, 4) is 22.7 Å². The van der Waals surface area contributed by atoms with Gasteiger partial charge in [-0.15, -0.1) is 5.10 Å². The monoisotopic (exact) mass is 570 g/mol. The summed E-state index contributed by atoms with van der Waals surface area (Å²) in [4.78, 5) is 25.2. The van der Waals surface area contributed by atoms with E-state index in [1.807, 2.05) is 13.1 Å². The minimum Gasteiger partial charge on any atom is -0.495 e. The molecular formula is C24H20F6N6O4. The predicted molar refractivity (Wildman–Crippen MR) is 126 cm³/mol. The number of carboxylic acid groups (broad SMARTS) is 1. The van der Waals surface area contributed by atoms with Gasteiger partial charge in [0.15, 0.2) is 0 Å². The highest BCUT2D eigenvalue weighted by Crippen LogP contribution is 2.30. The molecular weight excluding hydrogens is 550 g/mol. The van der Waals surface area contributed by atoms with Crippen molar-refractivity contribution in [3.05, 3.63) is 78.3 Å². The first-order chi connectivity index (χ1) is 18.7. The number of carbonyl (C=O) groups excluding carboxylic acids is 1. The highest BCUT2D eigenvalue weighted by Gasteiger charge is 2.42. The van der Waals surface area contributed by atoms with Gasteiger partial charge in [0.2, 0.25) is 0 Å². The average molecular weight is 570 g/mol. The number of rotatable bonds is 7. The van der Waals surface area contributed by atoms with E-state index in [1.54, 1.807) is 29.1 Å². The van der Waals surface area contributed by atoms with Crippen molar-refractivity contribution >= 4 is 11.9 Å². The van der Waals surface area contributed by atoms with Gasteiger partial charge in [0, 0.05) is 18.3 Å². The molecule has 0 unspecified atom stereocenters. The normalized spacial score (nSPS) is 11.4. The van der Waals surface area contributed by atoms with E-state index >= 15 is 0 Å². The molecule has 2 heterocycles. The van der Waals surface area contributed by atoms with Crippen LogP contribution in [0.4, 0.5) is 26.3 Å². The zero-order chi connectivity index (χ0) is 29.7. The summed E-state index contributed by atoms with van der Waals surface area (Å²) >= 11 is 0. The van der Waals surface area contributed by atoms with Crippen molar-refractivity contribution in [2.24, 2.45) is 0 Å². The fraction of sp³-hybridized carbons (Fsp3) is 0.208. The smallest absolute Gasteiger partial charge is 0.490 e. The highest BCUT2D eigenvalue weighted by atomic mass is 19.4. The topological polar surface area (TPSA) is 124 Å². The predicted octanol–water partition coefficient (Wildman–Crippen LogP) is 4.09. The lowest BCUT2D eigenvalue weighted by molar-refractivity contribution is -0.192. The highest BCUT2D eigenvalue weighted by molar-refractivity contribution is 5.81. The molecule has 16 heteroatoms. The van der Waals surface area contributed by atoms with Crippen molar-refractivity contribution in [3.63, 3.8) is 0 Å². The van der Waals surface area contributed by atoms with Crippen LogP contribution in [0.1, 0.15) is 11.3 Å². The maximum Gasteiger partial charge on any atom is 0.490 e. The third-order valence-electron chi connectivity index (χ3n) is 5.13. The lowest BCUT2D eigenvalue weighted by Crippen LogP contribution is -2.42. The summed E-state index contributed by atoms with van der Waals surface area (Å²) in [7, 11) is 1.49. The molecule has 2 aromatic heterocycles. The maximum atomic E-state index is 14.6. The van der Waals surface area contributed by atoms with Crippen molar-refractivity contribution in [1.29, 1.82) is 0 Å². The lowest BCUT2D eigenvalue weighted by atomic mass is 10.1. The number of hydrogen-bond acceptors (Lipinski definition) is 6. The van der Waals surface area contributed by atoms with Gasteiger partial charge in [0.1, 0.15) is 17.3 Å². The largest absolute Gasteiger partial charge is 0.495 e. The van der Waals surface area contributed by atoms with Crippen LogP contribution in [-0.4, -0.2) is 54.8 Å². The second kappa shape index (κ2) is 11.9. The number of carbonyl (C=O) groups is 2. The van der Waals surface area contributed by atoms with Crippen LogP contribution in [0.3, 0.4) is 0 Å². The van der Waals surface area contributed by atoms with Gasteiger partial charge in [-0.3, -0.25) is 4.79 Å². The van der Waals surface area contributed by atoms with E-state index in [0.717, 1.165) is 11.9 Å². The Morgan fingerprint density at radius 3 is 2.25 bits per heavy atom. The number of carboxylic acids is 1. The van der Waals surface area contributed by atoms with Gasteiger partial charge in [-0.1, -0.05) is 23.4 Å². The molecule has 40 heavy (non-hydrogen) atoms. The maximum absolute atomic E-state index is 14.6. The third-order valence-corrected chi connectivity index (χ3v) is 5.13. The van der Waals surface area contributed by atoms with Gasteiger partial charge in [-0.2, -0.15) is 26.6 Å². The molecule has 1 amide bonds. The number of nitrogens with zero attached hydrogens (tertiary/aromatic N) is 5. The van der Waals surface area contributed by atoms with Crippen LogP contribution in [0.2, 0.25) is 0 Å². The van der Waals surface area contributed by atoms with Crippen LogP contribution in [-0.2, 0) is 22.2 Å². The Morgan fingerprint density at radius 2 is 1.70 bits per heavy atom. The van der Waals surface area contributed by atoms with Crippen molar-refractivity contribution < 1.29 is 45.8 Å². The Balaban J connectivity index is 0.000000559. The first kappa shape index (κ1) is 29.7. The summed E-state index contributed by atoms with van der Waals surface area (Å²) in [6.45, 7) is 1.66. The number of aryl methyl sites for hydroxylation is 1. The molecule has 0 aliphatic carbocycles. The zero-order valence-corrected chi connectivity index (χ0v) is 20.7. The molecule has 0 saturated carbocycles. The second-order valence-electron chi connectivity index (χ2n) is 8.01. The number of nitrogens with one attached hydrogen (secondary N) is 1. The number of methoxy groups -OCH3 is 1. The number of halogens is 6. The summed E-state index contributed by atoms with van der Waals surface area (Å²) in [6.07, 6.45) is -0.652. The number of hydrogen-bond donors (Lipinski definition) is 2. The molecule has 0 atom stereocenters. The Morgan fingerprint density at radius 1 is 1.05 bits per heavy atom. The Hall–Kier alpha value is -4.89. The minimum atomic E-state index is -5.08. The van der Waals surface area contributed by atoms with E-state index in [4.69, 9.17) is 14.6 Å². The Kier molecular flexibility index (Phi) is 8.81. The SMILES string of the molecule is COc1cc(-c2cn(C(F)(F)C(=O)NCc3ccc(F)cc3)nn2)ccc1-n1cnc(C)c1.O=C(O)C(F)(F)F. The molecule has 4 rings (SSSR count). The minimum absolute atomic E-state index is 0.132. The van der Waals surface area contributed by atoms with Crippen LogP contribution in [0.15, 0.2) is 61.2 Å². The van der Waals surface area contributed by atoms with E-state index < -0.39 is 29.9 Å². The molecule has 0 saturated heterocycles. The molecule has 0 aliphatic rings. The van der Waals surface area contributed by atoms with Crippen LogP contribution in [0.25, 0.3) is 16.9 Å². The van der Waals surface area contributed by atoms with E-state index in [0.29, 0.717) is 22.6 Å². The molecule has 0 radical (unpaired) electrons. The van der Waals surface area contributed by atoms with E-state index in [1.165, 1.54) is 31.4 Å². The Bertz CT molecular complexity index is 1480. The van der Waals surface area contributed by atoms with Crippen molar-refractivity contribution in [2.75, 3.05) is 7.11 Å². The summed E-state index contributed by atoms with van der Waals surface area (Å²) in [6, 6.07) is 6.20. The van der Waals surface area contributed by atoms with E-state index in [9.17, 15) is 31.1 Å².